The Morgan fingerprint density at radius 3 is 2.21 bits per heavy atom. The summed E-state index contributed by atoms with van der Waals surface area (Å²) in [7, 11) is 0. The molecule has 1 unspecified atom stereocenters. The van der Waals surface area contributed by atoms with Crippen LogP contribution in [0.3, 0.4) is 0 Å². The molecule has 0 aliphatic carbocycles. The molecular formula is C25H21N3O5. The number of rotatable bonds is 8. The van der Waals surface area contributed by atoms with Crippen molar-refractivity contribution in [2.75, 3.05) is 0 Å². The molecule has 0 spiro atoms. The van der Waals surface area contributed by atoms with E-state index < -0.39 is 11.9 Å². The molecule has 0 aliphatic heterocycles. The van der Waals surface area contributed by atoms with Crippen LogP contribution < -0.4 is 5.56 Å². The van der Waals surface area contributed by atoms with E-state index >= 15 is 0 Å². The topological polar surface area (TPSA) is 122 Å². The van der Waals surface area contributed by atoms with E-state index in [1.165, 1.54) is 0 Å². The number of hydrogen-bond acceptors (Lipinski definition) is 6. The van der Waals surface area contributed by atoms with Gasteiger partial charge in [0.2, 0.25) is 0 Å². The summed E-state index contributed by atoms with van der Waals surface area (Å²) < 4.78 is 1.13. The van der Waals surface area contributed by atoms with Crippen molar-refractivity contribution in [2.24, 2.45) is 5.92 Å². The molecule has 0 fully saturated rings. The lowest BCUT2D eigenvalue weighted by molar-refractivity contribution is -0.142. The van der Waals surface area contributed by atoms with Crippen molar-refractivity contribution >= 4 is 22.7 Å². The van der Waals surface area contributed by atoms with Gasteiger partial charge in [-0.15, -0.1) is 5.10 Å². The van der Waals surface area contributed by atoms with Crippen molar-refractivity contribution in [1.82, 2.24) is 15.0 Å². The Morgan fingerprint density at radius 2 is 1.55 bits per heavy atom. The second kappa shape index (κ2) is 9.44. The summed E-state index contributed by atoms with van der Waals surface area (Å²) in [6, 6.07) is 20.4. The molecule has 0 saturated carbocycles. The quantitative estimate of drug-likeness (QED) is 0.399. The van der Waals surface area contributed by atoms with Gasteiger partial charge >= 0.3 is 5.97 Å². The number of phenols is 1. The van der Waals surface area contributed by atoms with Gasteiger partial charge in [0, 0.05) is 18.5 Å². The molecule has 3 aromatic carbocycles. The number of aromatic hydroxyl groups is 1. The van der Waals surface area contributed by atoms with E-state index in [4.69, 9.17) is 0 Å². The largest absolute Gasteiger partial charge is 0.508 e. The first-order chi connectivity index (χ1) is 15.9. The number of carbonyl (C=O) groups excluding carboxylic acids is 1. The van der Waals surface area contributed by atoms with Gasteiger partial charge in [-0.1, -0.05) is 53.7 Å². The average Bonchev–Trinajstić information content (AvgIpc) is 2.83. The van der Waals surface area contributed by atoms with Crippen LogP contribution >= 0.6 is 0 Å². The van der Waals surface area contributed by atoms with Crippen LogP contribution in [-0.4, -0.2) is 37.0 Å². The highest BCUT2D eigenvalue weighted by molar-refractivity contribution is 5.98. The molecule has 2 N–H and O–H groups in total. The normalized spacial score (nSPS) is 11.9. The number of aryl methyl sites for hydroxylation is 1. The number of nitrogens with zero attached hydrogens (tertiary/aromatic N) is 3. The molecule has 33 heavy (non-hydrogen) atoms. The van der Waals surface area contributed by atoms with Gasteiger partial charge in [0.05, 0.1) is 11.3 Å². The number of aromatic nitrogens is 3. The van der Waals surface area contributed by atoms with E-state index in [2.05, 4.69) is 10.3 Å². The molecule has 0 amide bonds. The second-order valence-corrected chi connectivity index (χ2v) is 7.71. The van der Waals surface area contributed by atoms with Gasteiger partial charge in [-0.25, -0.2) is 4.68 Å². The third-order valence-electron chi connectivity index (χ3n) is 5.51. The van der Waals surface area contributed by atoms with Gasteiger partial charge in [0.25, 0.3) is 5.56 Å². The summed E-state index contributed by atoms with van der Waals surface area (Å²) in [5.41, 5.74) is 2.29. The highest BCUT2D eigenvalue weighted by atomic mass is 16.4. The Labute approximate surface area is 188 Å². The van der Waals surface area contributed by atoms with Crippen LogP contribution in [0.25, 0.3) is 22.0 Å². The lowest BCUT2D eigenvalue weighted by Crippen LogP contribution is -2.27. The maximum atomic E-state index is 12.7. The fourth-order valence-electron chi connectivity index (χ4n) is 3.60. The lowest BCUT2D eigenvalue weighted by atomic mass is 9.94. The first-order valence-corrected chi connectivity index (χ1v) is 10.4. The van der Waals surface area contributed by atoms with Crippen molar-refractivity contribution in [1.29, 1.82) is 0 Å². The molecule has 4 aromatic rings. The van der Waals surface area contributed by atoms with Crippen molar-refractivity contribution < 1.29 is 19.8 Å². The number of Topliss-reactive ketones (excluding diaryl/α,β-unsaturated/α-hetero) is 1. The SMILES string of the molecule is O=C(CC(CCn1nnc2ccccc2c1=O)C(=O)O)c1ccc(-c2ccc(O)cc2)cc1. The highest BCUT2D eigenvalue weighted by Crippen LogP contribution is 2.23. The zero-order chi connectivity index (χ0) is 23.4. The second-order valence-electron chi connectivity index (χ2n) is 7.71. The molecule has 166 valence electrons. The zero-order valence-corrected chi connectivity index (χ0v) is 17.6. The van der Waals surface area contributed by atoms with E-state index in [-0.39, 0.29) is 36.5 Å². The Hall–Kier alpha value is -4.33. The highest BCUT2D eigenvalue weighted by Gasteiger charge is 2.22. The van der Waals surface area contributed by atoms with Gasteiger partial charge in [0.1, 0.15) is 11.3 Å². The summed E-state index contributed by atoms with van der Waals surface area (Å²) in [4.78, 5) is 37.0. The van der Waals surface area contributed by atoms with E-state index in [1.807, 2.05) is 0 Å². The smallest absolute Gasteiger partial charge is 0.307 e. The summed E-state index contributed by atoms with van der Waals surface area (Å²) in [6.45, 7) is 0.0424. The molecule has 8 heteroatoms. The number of aliphatic carboxylic acids is 1. The lowest BCUT2D eigenvalue weighted by Gasteiger charge is -2.12. The van der Waals surface area contributed by atoms with Crippen LogP contribution in [0.15, 0.2) is 77.6 Å². The van der Waals surface area contributed by atoms with E-state index in [9.17, 15) is 24.6 Å². The maximum absolute atomic E-state index is 12.7. The number of ketones is 1. The number of fused-ring (bicyclic) bond motifs is 1. The van der Waals surface area contributed by atoms with Gasteiger partial charge in [-0.3, -0.25) is 14.4 Å². The number of carboxylic acids is 1. The summed E-state index contributed by atoms with van der Waals surface area (Å²) in [5, 5.41) is 27.3. The molecule has 0 bridgehead atoms. The average molecular weight is 443 g/mol. The minimum Gasteiger partial charge on any atom is -0.508 e. The van der Waals surface area contributed by atoms with Crippen molar-refractivity contribution in [2.45, 2.75) is 19.4 Å². The van der Waals surface area contributed by atoms with E-state index in [1.54, 1.807) is 72.8 Å². The van der Waals surface area contributed by atoms with Gasteiger partial charge in [0.15, 0.2) is 5.78 Å². The van der Waals surface area contributed by atoms with Crippen molar-refractivity contribution in [3.63, 3.8) is 0 Å². The van der Waals surface area contributed by atoms with E-state index in [0.717, 1.165) is 15.8 Å². The Morgan fingerprint density at radius 1 is 0.909 bits per heavy atom. The Kier molecular flexibility index (Phi) is 6.26. The van der Waals surface area contributed by atoms with Gasteiger partial charge < -0.3 is 10.2 Å². The number of carbonyl (C=O) groups is 2. The minimum absolute atomic E-state index is 0.0424. The molecule has 0 saturated heterocycles. The first-order valence-electron chi connectivity index (χ1n) is 10.4. The van der Waals surface area contributed by atoms with Crippen LogP contribution in [0.1, 0.15) is 23.2 Å². The van der Waals surface area contributed by atoms with Gasteiger partial charge in [-0.2, -0.15) is 0 Å². The van der Waals surface area contributed by atoms with Gasteiger partial charge in [-0.05, 0) is 41.8 Å². The molecule has 0 aliphatic rings. The Bertz CT molecular complexity index is 1360. The number of phenolic OH excluding ortho intramolecular Hbond substituents is 1. The fraction of sp³-hybridized carbons (Fsp3) is 0.160. The van der Waals surface area contributed by atoms with Crippen molar-refractivity contribution in [3.8, 4) is 16.9 Å². The minimum atomic E-state index is -1.11. The zero-order valence-electron chi connectivity index (χ0n) is 17.6. The molecule has 1 atom stereocenters. The summed E-state index contributed by atoms with van der Waals surface area (Å²) in [6.07, 6.45) is -0.122. The van der Waals surface area contributed by atoms with Crippen LogP contribution in [-0.2, 0) is 11.3 Å². The number of carboxylic acid groups (broad SMARTS) is 1. The third-order valence-corrected chi connectivity index (χ3v) is 5.51. The molecule has 1 heterocycles. The monoisotopic (exact) mass is 443 g/mol. The number of hydrogen-bond donors (Lipinski definition) is 2. The summed E-state index contributed by atoms with van der Waals surface area (Å²) >= 11 is 0. The molecule has 0 radical (unpaired) electrons. The molecule has 4 rings (SSSR count). The standard InChI is InChI=1S/C25H21N3O5/c29-20-11-9-17(10-12-20)16-5-7-18(8-6-16)23(30)15-19(25(32)33)13-14-28-24(31)21-3-1-2-4-22(21)26-27-28/h1-12,19,29H,13-15H2,(H,32,33). The Balaban J connectivity index is 1.44. The first kappa shape index (κ1) is 21.9. The molecule has 8 nitrogen and oxygen atoms in total. The summed E-state index contributed by atoms with van der Waals surface area (Å²) in [5.74, 6) is -2.20. The fourth-order valence-corrected chi connectivity index (χ4v) is 3.60. The van der Waals surface area contributed by atoms with E-state index in [0.29, 0.717) is 16.5 Å². The maximum Gasteiger partial charge on any atom is 0.307 e. The number of benzene rings is 3. The predicted molar refractivity (Wildman–Crippen MR) is 122 cm³/mol. The van der Waals surface area contributed by atoms with Crippen molar-refractivity contribution in [3.05, 3.63) is 88.7 Å². The van der Waals surface area contributed by atoms with Crippen LogP contribution in [0, 0.1) is 5.92 Å². The van der Waals surface area contributed by atoms with Crippen LogP contribution in [0.4, 0.5) is 0 Å². The predicted octanol–water partition coefficient (Wildman–Crippen LogP) is 3.53. The third kappa shape index (κ3) is 4.95. The van der Waals surface area contributed by atoms with Crippen LogP contribution in [0.5, 0.6) is 5.75 Å². The molecular weight excluding hydrogens is 422 g/mol. The molecule has 1 aromatic heterocycles. The van der Waals surface area contributed by atoms with Crippen LogP contribution in [0.2, 0.25) is 0 Å².